The van der Waals surface area contributed by atoms with Crippen molar-refractivity contribution in [3.8, 4) is 0 Å². The van der Waals surface area contributed by atoms with Crippen LogP contribution in [-0.4, -0.2) is 9.97 Å². The number of benzene rings is 1. The van der Waals surface area contributed by atoms with Gasteiger partial charge in [0.15, 0.2) is 17.5 Å². The summed E-state index contributed by atoms with van der Waals surface area (Å²) in [7, 11) is 0. The van der Waals surface area contributed by atoms with Crippen molar-refractivity contribution in [1.29, 1.82) is 0 Å². The van der Waals surface area contributed by atoms with Crippen molar-refractivity contribution in [2.45, 2.75) is 19.8 Å². The van der Waals surface area contributed by atoms with Crippen molar-refractivity contribution in [3.63, 3.8) is 0 Å². The quantitative estimate of drug-likeness (QED) is 0.847. The van der Waals surface area contributed by atoms with Crippen LogP contribution >= 0.6 is 0 Å². The molecule has 0 unspecified atom stereocenters. The van der Waals surface area contributed by atoms with Gasteiger partial charge in [-0.05, 0) is 5.92 Å². The van der Waals surface area contributed by atoms with Crippen molar-refractivity contribution < 1.29 is 13.2 Å². The van der Waals surface area contributed by atoms with Crippen LogP contribution in [0, 0.1) is 17.5 Å². The number of nitrogens with zero attached hydrogens (tertiary/aromatic N) is 2. The van der Waals surface area contributed by atoms with E-state index in [0.29, 0.717) is 11.4 Å². The van der Waals surface area contributed by atoms with Gasteiger partial charge < -0.3 is 11.1 Å². The normalized spacial score (nSPS) is 10.9. The molecule has 3 N–H and O–H groups in total. The Kier molecular flexibility index (Phi) is 3.78. The van der Waals surface area contributed by atoms with Crippen LogP contribution in [0.5, 0.6) is 0 Å². The van der Waals surface area contributed by atoms with Crippen molar-refractivity contribution in [1.82, 2.24) is 9.97 Å². The topological polar surface area (TPSA) is 63.8 Å². The maximum atomic E-state index is 13.2. The zero-order valence-corrected chi connectivity index (χ0v) is 10.9. The van der Waals surface area contributed by atoms with Gasteiger partial charge in [-0.1, -0.05) is 13.8 Å². The molecule has 7 heteroatoms. The van der Waals surface area contributed by atoms with Gasteiger partial charge >= 0.3 is 0 Å². The second-order valence-electron chi connectivity index (χ2n) is 4.55. The largest absolute Gasteiger partial charge is 0.383 e. The number of halogens is 3. The lowest BCUT2D eigenvalue weighted by Gasteiger charge is -2.15. The Hall–Kier alpha value is -2.31. The minimum Gasteiger partial charge on any atom is -0.383 e. The number of nitrogen functional groups attached to an aromatic ring is 1. The highest BCUT2D eigenvalue weighted by atomic mass is 19.2. The second-order valence-corrected chi connectivity index (χ2v) is 4.55. The standard InChI is InChI=1S/C13H13F3N4/c1-6(2)10-12(17)18-5-19-13(10)20-7-3-8(14)11(16)9(15)4-7/h3-6H,1-2H3,(H3,17,18,19,20). The number of nitrogens with two attached hydrogens (primary N) is 1. The molecule has 0 bridgehead atoms. The Morgan fingerprint density at radius 1 is 1.10 bits per heavy atom. The maximum Gasteiger partial charge on any atom is 0.194 e. The maximum absolute atomic E-state index is 13.2. The summed E-state index contributed by atoms with van der Waals surface area (Å²) in [6, 6.07) is 1.70. The highest BCUT2D eigenvalue weighted by Gasteiger charge is 2.15. The predicted molar refractivity (Wildman–Crippen MR) is 70.1 cm³/mol. The van der Waals surface area contributed by atoms with Crippen LogP contribution in [0.1, 0.15) is 25.3 Å². The van der Waals surface area contributed by atoms with Gasteiger partial charge in [0.2, 0.25) is 0 Å². The van der Waals surface area contributed by atoms with Crippen molar-refractivity contribution in [2.75, 3.05) is 11.1 Å². The molecule has 0 aliphatic heterocycles. The van der Waals surface area contributed by atoms with E-state index in [4.69, 9.17) is 5.73 Å². The molecule has 1 aromatic carbocycles. The van der Waals surface area contributed by atoms with Crippen LogP contribution in [0.4, 0.5) is 30.5 Å². The average molecular weight is 282 g/mol. The predicted octanol–water partition coefficient (Wildman–Crippen LogP) is 3.34. The zero-order valence-electron chi connectivity index (χ0n) is 10.9. The number of nitrogens with one attached hydrogen (secondary N) is 1. The Labute approximate surface area is 113 Å². The van der Waals surface area contributed by atoms with Crippen molar-refractivity contribution in [3.05, 3.63) is 41.5 Å². The highest BCUT2D eigenvalue weighted by molar-refractivity contribution is 5.64. The first-order valence-corrected chi connectivity index (χ1v) is 5.92. The molecule has 0 saturated carbocycles. The number of rotatable bonds is 3. The summed E-state index contributed by atoms with van der Waals surface area (Å²) >= 11 is 0. The van der Waals surface area contributed by atoms with Gasteiger partial charge in [0.1, 0.15) is 18.0 Å². The molecule has 1 heterocycles. The summed E-state index contributed by atoms with van der Waals surface area (Å²) in [5, 5.41) is 2.73. The van der Waals surface area contributed by atoms with E-state index >= 15 is 0 Å². The first-order chi connectivity index (χ1) is 9.40. The zero-order chi connectivity index (χ0) is 14.9. The van der Waals surface area contributed by atoms with Gasteiger partial charge in [0.05, 0.1) is 0 Å². The first-order valence-electron chi connectivity index (χ1n) is 5.92. The lowest BCUT2D eigenvalue weighted by Crippen LogP contribution is -2.07. The van der Waals surface area contributed by atoms with E-state index in [1.165, 1.54) is 6.33 Å². The van der Waals surface area contributed by atoms with Crippen LogP contribution in [0.2, 0.25) is 0 Å². The molecular formula is C13H13F3N4. The summed E-state index contributed by atoms with van der Waals surface area (Å²) in [6.45, 7) is 3.76. The second kappa shape index (κ2) is 5.36. The van der Waals surface area contributed by atoms with Gasteiger partial charge in [-0.15, -0.1) is 0 Å². The lowest BCUT2D eigenvalue weighted by atomic mass is 10.0. The summed E-state index contributed by atoms with van der Waals surface area (Å²) in [5.74, 6) is -3.45. The highest BCUT2D eigenvalue weighted by Crippen LogP contribution is 2.29. The molecule has 106 valence electrons. The molecule has 0 atom stereocenters. The third-order valence-corrected chi connectivity index (χ3v) is 2.74. The minimum absolute atomic E-state index is 0.00819. The van der Waals surface area contributed by atoms with E-state index in [0.717, 1.165) is 12.1 Å². The van der Waals surface area contributed by atoms with Gasteiger partial charge in [-0.3, -0.25) is 0 Å². The first kappa shape index (κ1) is 14.1. The van der Waals surface area contributed by atoms with Crippen LogP contribution in [0.25, 0.3) is 0 Å². The number of hydrogen-bond acceptors (Lipinski definition) is 4. The van der Waals surface area contributed by atoms with E-state index in [1.807, 2.05) is 13.8 Å². The van der Waals surface area contributed by atoms with Crippen LogP contribution in [0.15, 0.2) is 18.5 Å². The van der Waals surface area contributed by atoms with E-state index in [9.17, 15) is 13.2 Å². The van der Waals surface area contributed by atoms with E-state index in [1.54, 1.807) is 0 Å². The molecule has 1 aromatic heterocycles. The molecule has 2 rings (SSSR count). The smallest absolute Gasteiger partial charge is 0.194 e. The van der Waals surface area contributed by atoms with E-state index in [2.05, 4.69) is 15.3 Å². The molecule has 0 saturated heterocycles. The fourth-order valence-corrected chi connectivity index (χ4v) is 1.84. The summed E-state index contributed by atoms with van der Waals surface area (Å²) in [4.78, 5) is 7.87. The minimum atomic E-state index is -1.51. The monoisotopic (exact) mass is 282 g/mol. The molecule has 0 aliphatic rings. The molecule has 0 aliphatic carbocycles. The van der Waals surface area contributed by atoms with Crippen LogP contribution < -0.4 is 11.1 Å². The molecule has 2 aromatic rings. The van der Waals surface area contributed by atoms with Crippen molar-refractivity contribution >= 4 is 17.3 Å². The summed E-state index contributed by atoms with van der Waals surface area (Å²) < 4.78 is 39.2. The fourth-order valence-electron chi connectivity index (χ4n) is 1.84. The Balaban J connectivity index is 2.43. The van der Waals surface area contributed by atoms with Gasteiger partial charge in [0.25, 0.3) is 0 Å². The van der Waals surface area contributed by atoms with Gasteiger partial charge in [-0.25, -0.2) is 23.1 Å². The van der Waals surface area contributed by atoms with Gasteiger partial charge in [0, 0.05) is 23.4 Å². The molecule has 0 fully saturated rings. The third kappa shape index (κ3) is 2.66. The van der Waals surface area contributed by atoms with E-state index in [-0.39, 0.29) is 17.4 Å². The number of hydrogen-bond donors (Lipinski definition) is 2. The summed E-state index contributed by atoms with van der Waals surface area (Å²) in [5.41, 5.74) is 6.43. The molecule has 0 radical (unpaired) electrons. The molecule has 0 spiro atoms. The van der Waals surface area contributed by atoms with Crippen molar-refractivity contribution in [2.24, 2.45) is 0 Å². The molecule has 20 heavy (non-hydrogen) atoms. The average Bonchev–Trinajstić information content (AvgIpc) is 2.35. The third-order valence-electron chi connectivity index (χ3n) is 2.74. The van der Waals surface area contributed by atoms with E-state index < -0.39 is 17.5 Å². The Bertz CT molecular complexity index is 621. The molecular weight excluding hydrogens is 269 g/mol. The Morgan fingerprint density at radius 3 is 2.25 bits per heavy atom. The Morgan fingerprint density at radius 2 is 1.70 bits per heavy atom. The summed E-state index contributed by atoms with van der Waals surface area (Å²) in [6.07, 6.45) is 1.24. The fraction of sp³-hybridized carbons (Fsp3) is 0.231. The van der Waals surface area contributed by atoms with Gasteiger partial charge in [-0.2, -0.15) is 0 Å². The molecule has 4 nitrogen and oxygen atoms in total. The lowest BCUT2D eigenvalue weighted by molar-refractivity contribution is 0.448. The number of aromatic nitrogens is 2. The molecule has 0 amide bonds. The number of anilines is 3. The SMILES string of the molecule is CC(C)c1c(N)ncnc1Nc1cc(F)c(F)c(F)c1. The van der Waals surface area contributed by atoms with Crippen LogP contribution in [0.3, 0.4) is 0 Å². The van der Waals surface area contributed by atoms with Crippen LogP contribution in [-0.2, 0) is 0 Å².